The van der Waals surface area contributed by atoms with Crippen molar-refractivity contribution in [3.63, 3.8) is 0 Å². The second kappa shape index (κ2) is 9.57. The predicted molar refractivity (Wildman–Crippen MR) is 116 cm³/mol. The van der Waals surface area contributed by atoms with Crippen LogP contribution >= 0.6 is 22.9 Å². The number of benzene rings is 1. The quantitative estimate of drug-likeness (QED) is 0.696. The Morgan fingerprint density at radius 3 is 2.82 bits per heavy atom. The lowest BCUT2D eigenvalue weighted by Gasteiger charge is -2.31. The summed E-state index contributed by atoms with van der Waals surface area (Å²) < 4.78 is 6.83. The number of hydrogen-bond acceptors (Lipinski definition) is 4. The Morgan fingerprint density at radius 1 is 1.25 bits per heavy atom. The topological polar surface area (TPSA) is 41.6 Å². The molecule has 2 aliphatic heterocycles. The van der Waals surface area contributed by atoms with Crippen molar-refractivity contribution in [2.45, 2.75) is 51.2 Å². The van der Waals surface area contributed by atoms with Crippen molar-refractivity contribution in [2.75, 3.05) is 26.2 Å². The van der Waals surface area contributed by atoms with E-state index in [4.69, 9.17) is 16.3 Å². The van der Waals surface area contributed by atoms with Gasteiger partial charge in [0.15, 0.2) is 0 Å². The van der Waals surface area contributed by atoms with Gasteiger partial charge in [-0.05, 0) is 57.2 Å². The number of carbonyl (C=O) groups excluding carboxylic acids is 1. The molecule has 1 N–H and O–H groups in total. The van der Waals surface area contributed by atoms with Gasteiger partial charge in [-0.15, -0.1) is 11.3 Å². The zero-order valence-corrected chi connectivity index (χ0v) is 17.9. The van der Waals surface area contributed by atoms with Crippen molar-refractivity contribution in [1.82, 2.24) is 10.2 Å². The fraction of sp³-hybridized carbons (Fsp3) is 0.591. The number of carbonyl (C=O) groups is 1. The fourth-order valence-electron chi connectivity index (χ4n) is 4.26. The van der Waals surface area contributed by atoms with Gasteiger partial charge < -0.3 is 10.1 Å². The molecule has 2 saturated heterocycles. The normalized spacial score (nSPS) is 21.4. The number of likely N-dealkylation sites (tertiary alicyclic amines) is 1. The molecule has 0 aliphatic carbocycles. The highest BCUT2D eigenvalue weighted by molar-refractivity contribution is 7.19. The van der Waals surface area contributed by atoms with E-state index < -0.39 is 0 Å². The van der Waals surface area contributed by atoms with Crippen molar-refractivity contribution >= 4 is 38.9 Å². The SMILES string of the molecule is O=C(CCC1CCN(Cc2sc3ccccc3c2Cl)CC1)NC[C@H]1CCCO1. The smallest absolute Gasteiger partial charge is 0.220 e. The van der Waals surface area contributed by atoms with E-state index in [0.717, 1.165) is 50.5 Å². The van der Waals surface area contributed by atoms with Crippen LogP contribution in [0.15, 0.2) is 24.3 Å². The first kappa shape index (κ1) is 20.1. The van der Waals surface area contributed by atoms with Gasteiger partial charge in [0.1, 0.15) is 0 Å². The van der Waals surface area contributed by atoms with E-state index in [2.05, 4.69) is 28.4 Å². The van der Waals surface area contributed by atoms with E-state index in [1.54, 1.807) is 0 Å². The zero-order chi connectivity index (χ0) is 19.3. The average Bonchev–Trinajstić information content (AvgIpc) is 3.35. The molecule has 0 radical (unpaired) electrons. The molecule has 1 atom stereocenters. The Bertz CT molecular complexity index is 795. The Morgan fingerprint density at radius 2 is 2.07 bits per heavy atom. The molecule has 0 spiro atoms. The Kier molecular flexibility index (Phi) is 6.89. The molecule has 2 aromatic rings. The first-order chi connectivity index (χ1) is 13.7. The summed E-state index contributed by atoms with van der Waals surface area (Å²) in [6.07, 6.45) is 6.39. The Hall–Kier alpha value is -1.14. The van der Waals surface area contributed by atoms with Crippen LogP contribution in [0.25, 0.3) is 10.1 Å². The first-order valence-electron chi connectivity index (χ1n) is 10.5. The minimum Gasteiger partial charge on any atom is -0.376 e. The molecule has 6 heteroatoms. The monoisotopic (exact) mass is 420 g/mol. The molecule has 1 aromatic heterocycles. The summed E-state index contributed by atoms with van der Waals surface area (Å²) in [6, 6.07) is 8.37. The molecular weight excluding hydrogens is 392 g/mol. The number of nitrogens with zero attached hydrogens (tertiary/aromatic N) is 1. The number of nitrogens with one attached hydrogen (secondary N) is 1. The van der Waals surface area contributed by atoms with Gasteiger partial charge in [-0.25, -0.2) is 0 Å². The molecule has 2 fully saturated rings. The van der Waals surface area contributed by atoms with Gasteiger partial charge in [0.25, 0.3) is 0 Å². The number of piperidine rings is 1. The van der Waals surface area contributed by atoms with Crippen LogP contribution in [0.1, 0.15) is 43.4 Å². The van der Waals surface area contributed by atoms with Gasteiger partial charge in [0, 0.05) is 41.1 Å². The molecule has 1 aromatic carbocycles. The second-order valence-corrected chi connectivity index (χ2v) is 9.55. The van der Waals surface area contributed by atoms with Crippen molar-refractivity contribution in [2.24, 2.45) is 5.92 Å². The predicted octanol–water partition coefficient (Wildman–Crippen LogP) is 4.84. The van der Waals surface area contributed by atoms with E-state index in [0.29, 0.717) is 18.9 Å². The molecular formula is C22H29ClN2O2S. The number of hydrogen-bond donors (Lipinski definition) is 1. The lowest BCUT2D eigenvalue weighted by Crippen LogP contribution is -2.34. The van der Waals surface area contributed by atoms with E-state index in [-0.39, 0.29) is 12.0 Å². The molecule has 0 bridgehead atoms. The molecule has 28 heavy (non-hydrogen) atoms. The number of amides is 1. The maximum Gasteiger partial charge on any atom is 0.220 e. The Labute approximate surface area is 176 Å². The third-order valence-corrected chi connectivity index (χ3v) is 7.71. The highest BCUT2D eigenvalue weighted by atomic mass is 35.5. The summed E-state index contributed by atoms with van der Waals surface area (Å²) in [5.41, 5.74) is 0. The van der Waals surface area contributed by atoms with Crippen molar-refractivity contribution in [1.29, 1.82) is 0 Å². The lowest BCUT2D eigenvalue weighted by atomic mass is 9.92. The number of fused-ring (bicyclic) bond motifs is 1. The van der Waals surface area contributed by atoms with E-state index in [9.17, 15) is 4.79 Å². The number of thiophene rings is 1. The van der Waals surface area contributed by atoms with E-state index in [1.807, 2.05) is 17.4 Å². The summed E-state index contributed by atoms with van der Waals surface area (Å²) in [4.78, 5) is 15.9. The molecule has 152 valence electrons. The van der Waals surface area contributed by atoms with Crippen LogP contribution in [0.3, 0.4) is 0 Å². The number of halogens is 1. The highest BCUT2D eigenvalue weighted by Crippen LogP contribution is 2.36. The summed E-state index contributed by atoms with van der Waals surface area (Å²) in [7, 11) is 0. The van der Waals surface area contributed by atoms with Crippen molar-refractivity contribution < 1.29 is 9.53 Å². The third kappa shape index (κ3) is 5.07. The van der Waals surface area contributed by atoms with Gasteiger partial charge in [-0.1, -0.05) is 29.8 Å². The van der Waals surface area contributed by atoms with Gasteiger partial charge in [-0.2, -0.15) is 0 Å². The number of ether oxygens (including phenoxy) is 1. The van der Waals surface area contributed by atoms with Crippen molar-refractivity contribution in [3.05, 3.63) is 34.2 Å². The third-order valence-electron chi connectivity index (χ3n) is 6.01. The lowest BCUT2D eigenvalue weighted by molar-refractivity contribution is -0.122. The second-order valence-electron chi connectivity index (χ2n) is 8.03. The van der Waals surface area contributed by atoms with E-state index in [1.165, 1.54) is 27.8 Å². The molecule has 0 unspecified atom stereocenters. The summed E-state index contributed by atoms with van der Waals surface area (Å²) in [6.45, 7) is 4.63. The summed E-state index contributed by atoms with van der Waals surface area (Å²) >= 11 is 8.41. The first-order valence-corrected chi connectivity index (χ1v) is 11.6. The van der Waals surface area contributed by atoms with Gasteiger partial charge >= 0.3 is 0 Å². The highest BCUT2D eigenvalue weighted by Gasteiger charge is 2.22. The minimum atomic E-state index is 0.176. The summed E-state index contributed by atoms with van der Waals surface area (Å²) in [5.74, 6) is 0.831. The van der Waals surface area contributed by atoms with Gasteiger partial charge in [-0.3, -0.25) is 9.69 Å². The fourth-order valence-corrected chi connectivity index (χ4v) is 5.79. The Balaban J connectivity index is 1.18. The van der Waals surface area contributed by atoms with Crippen LogP contribution in [-0.4, -0.2) is 43.2 Å². The molecule has 4 rings (SSSR count). The van der Waals surface area contributed by atoms with Gasteiger partial charge in [0.05, 0.1) is 11.1 Å². The van der Waals surface area contributed by atoms with Crippen LogP contribution in [0.5, 0.6) is 0 Å². The molecule has 0 saturated carbocycles. The molecule has 4 nitrogen and oxygen atoms in total. The van der Waals surface area contributed by atoms with Crippen LogP contribution in [0, 0.1) is 5.92 Å². The molecule has 2 aliphatic rings. The maximum absolute atomic E-state index is 12.1. The maximum atomic E-state index is 12.1. The van der Waals surface area contributed by atoms with E-state index >= 15 is 0 Å². The van der Waals surface area contributed by atoms with Crippen LogP contribution < -0.4 is 5.32 Å². The van der Waals surface area contributed by atoms with Crippen LogP contribution in [-0.2, 0) is 16.1 Å². The minimum absolute atomic E-state index is 0.176. The average molecular weight is 421 g/mol. The van der Waals surface area contributed by atoms with Gasteiger partial charge in [0.2, 0.25) is 5.91 Å². The van der Waals surface area contributed by atoms with Crippen molar-refractivity contribution in [3.8, 4) is 0 Å². The summed E-state index contributed by atoms with van der Waals surface area (Å²) in [5, 5.41) is 5.13. The zero-order valence-electron chi connectivity index (χ0n) is 16.3. The molecule has 1 amide bonds. The largest absolute Gasteiger partial charge is 0.376 e. The number of rotatable bonds is 7. The van der Waals surface area contributed by atoms with Crippen LogP contribution in [0.4, 0.5) is 0 Å². The molecule has 3 heterocycles. The standard InChI is InChI=1S/C22H29ClN2O2S/c23-22-18-5-1-2-6-19(18)28-20(22)15-25-11-9-16(10-12-25)7-8-21(26)24-14-17-4-3-13-27-17/h1-2,5-6,16-17H,3-4,7-15H2,(H,24,26)/t17-/m1/s1. The van der Waals surface area contributed by atoms with Crippen LogP contribution in [0.2, 0.25) is 5.02 Å².